The van der Waals surface area contributed by atoms with Gasteiger partial charge in [-0.1, -0.05) is 18.2 Å². The van der Waals surface area contributed by atoms with Crippen LogP contribution in [0.25, 0.3) is 10.8 Å². The molecule has 9 heteroatoms. The molecule has 2 heterocycles. The van der Waals surface area contributed by atoms with Gasteiger partial charge in [0.2, 0.25) is 0 Å². The maximum atomic E-state index is 12.9. The number of hydrogen-bond donors (Lipinski definition) is 2. The van der Waals surface area contributed by atoms with E-state index in [2.05, 4.69) is 15.6 Å². The van der Waals surface area contributed by atoms with Crippen LogP contribution in [0.3, 0.4) is 0 Å². The molecular weight excluding hydrogens is 547 g/mol. The Bertz CT molecular complexity index is 1400. The number of halogens is 2. The second kappa shape index (κ2) is 15.4. The summed E-state index contributed by atoms with van der Waals surface area (Å²) in [4.78, 5) is 29.4. The molecule has 2 N–H and O–H groups in total. The van der Waals surface area contributed by atoms with E-state index < -0.39 is 0 Å². The van der Waals surface area contributed by atoms with E-state index in [1.165, 1.54) is 0 Å². The molecule has 1 amide bonds. The van der Waals surface area contributed by atoms with Gasteiger partial charge in [-0.15, -0.1) is 24.8 Å². The van der Waals surface area contributed by atoms with Crippen LogP contribution in [0.15, 0.2) is 90.1 Å². The standard InChI is InChI=1S/C31H36N4O3.2ClH/c1-31(2,3)34-29(36)25-9-11-26(12-10-25)38-22-6-17-33-28(24-13-18-32-19-14-24)16-21-35-20-15-23-7-4-5-8-27(23)30(35)37;;/h4-5,7-15,18-20,28,33H,6,16-17,21-22H2,1-3H3,(H,34,36);2*1H. The van der Waals surface area contributed by atoms with Crippen molar-refractivity contribution in [1.29, 1.82) is 0 Å². The van der Waals surface area contributed by atoms with Crippen molar-refractivity contribution in [1.82, 2.24) is 20.2 Å². The molecule has 2 aromatic heterocycles. The molecule has 0 spiro atoms. The minimum Gasteiger partial charge on any atom is -0.494 e. The predicted molar refractivity (Wildman–Crippen MR) is 166 cm³/mol. The number of pyridine rings is 2. The number of aryl methyl sites for hydroxylation is 1. The molecule has 2 aromatic carbocycles. The smallest absolute Gasteiger partial charge is 0.258 e. The van der Waals surface area contributed by atoms with Crippen molar-refractivity contribution >= 4 is 41.5 Å². The Hall–Kier alpha value is -3.39. The zero-order valence-corrected chi connectivity index (χ0v) is 24.8. The Morgan fingerprint density at radius 2 is 1.68 bits per heavy atom. The lowest BCUT2D eigenvalue weighted by Gasteiger charge is -2.20. The molecule has 7 nitrogen and oxygen atoms in total. The van der Waals surface area contributed by atoms with Gasteiger partial charge in [0, 0.05) is 47.7 Å². The van der Waals surface area contributed by atoms with E-state index in [-0.39, 0.29) is 47.9 Å². The first-order valence-corrected chi connectivity index (χ1v) is 13.1. The minimum atomic E-state index is -0.279. The summed E-state index contributed by atoms with van der Waals surface area (Å²) in [5, 5.41) is 8.28. The third kappa shape index (κ3) is 9.37. The molecule has 0 fully saturated rings. The second-order valence-corrected chi connectivity index (χ2v) is 10.4. The molecule has 4 rings (SSSR count). The molecule has 0 aliphatic heterocycles. The monoisotopic (exact) mass is 584 g/mol. The van der Waals surface area contributed by atoms with Crippen LogP contribution in [-0.4, -0.2) is 34.1 Å². The quantitative estimate of drug-likeness (QED) is 0.212. The lowest BCUT2D eigenvalue weighted by atomic mass is 10.0. The van der Waals surface area contributed by atoms with Crippen molar-refractivity contribution in [3.63, 3.8) is 0 Å². The van der Waals surface area contributed by atoms with E-state index in [9.17, 15) is 9.59 Å². The highest BCUT2D eigenvalue weighted by Crippen LogP contribution is 2.18. The van der Waals surface area contributed by atoms with Crippen LogP contribution >= 0.6 is 24.8 Å². The third-order valence-corrected chi connectivity index (χ3v) is 6.24. The van der Waals surface area contributed by atoms with E-state index in [1.54, 1.807) is 29.1 Å². The molecule has 0 aliphatic carbocycles. The maximum Gasteiger partial charge on any atom is 0.258 e. The van der Waals surface area contributed by atoms with Crippen LogP contribution in [0, 0.1) is 0 Å². The summed E-state index contributed by atoms with van der Waals surface area (Å²) < 4.78 is 7.67. The number of amides is 1. The highest BCUT2D eigenvalue weighted by atomic mass is 35.5. The first-order chi connectivity index (χ1) is 18.3. The van der Waals surface area contributed by atoms with Crippen LogP contribution in [0.1, 0.15) is 55.6 Å². The normalized spacial score (nSPS) is 11.7. The number of carbonyl (C=O) groups is 1. The average molecular weight is 586 g/mol. The fourth-order valence-corrected chi connectivity index (χ4v) is 4.31. The van der Waals surface area contributed by atoms with E-state index in [0.717, 1.165) is 41.5 Å². The molecule has 40 heavy (non-hydrogen) atoms. The van der Waals surface area contributed by atoms with Gasteiger partial charge in [0.05, 0.1) is 6.61 Å². The van der Waals surface area contributed by atoms with Gasteiger partial charge in [0.1, 0.15) is 5.75 Å². The van der Waals surface area contributed by atoms with Crippen molar-refractivity contribution < 1.29 is 9.53 Å². The van der Waals surface area contributed by atoms with Gasteiger partial charge in [-0.3, -0.25) is 14.6 Å². The number of rotatable bonds is 11. The van der Waals surface area contributed by atoms with Gasteiger partial charge in [-0.05, 0) is 99.6 Å². The lowest BCUT2D eigenvalue weighted by Crippen LogP contribution is -2.40. The van der Waals surface area contributed by atoms with Crippen LogP contribution < -0.4 is 20.9 Å². The predicted octanol–water partition coefficient (Wildman–Crippen LogP) is 5.96. The van der Waals surface area contributed by atoms with Gasteiger partial charge >= 0.3 is 0 Å². The van der Waals surface area contributed by atoms with Crippen molar-refractivity contribution in [3.05, 3.63) is 107 Å². The number of nitrogens with zero attached hydrogens (tertiary/aromatic N) is 2. The van der Waals surface area contributed by atoms with Gasteiger partial charge in [0.25, 0.3) is 11.5 Å². The van der Waals surface area contributed by atoms with Crippen molar-refractivity contribution in [2.75, 3.05) is 13.2 Å². The summed E-state index contributed by atoms with van der Waals surface area (Å²) in [7, 11) is 0. The van der Waals surface area contributed by atoms with Crippen LogP contribution in [0.4, 0.5) is 0 Å². The summed E-state index contributed by atoms with van der Waals surface area (Å²) in [6.07, 6.45) is 7.03. The fraction of sp³-hybridized carbons (Fsp3) is 0.323. The van der Waals surface area contributed by atoms with E-state index in [4.69, 9.17) is 4.74 Å². The molecule has 1 atom stereocenters. The van der Waals surface area contributed by atoms with E-state index in [1.807, 2.05) is 81.6 Å². The number of nitrogens with one attached hydrogen (secondary N) is 2. The number of benzene rings is 2. The number of hydrogen-bond acceptors (Lipinski definition) is 5. The Labute approximate surface area is 248 Å². The van der Waals surface area contributed by atoms with Crippen molar-refractivity contribution in [2.45, 2.75) is 51.7 Å². The van der Waals surface area contributed by atoms with Crippen molar-refractivity contribution in [2.24, 2.45) is 0 Å². The topological polar surface area (TPSA) is 85.2 Å². The fourth-order valence-electron chi connectivity index (χ4n) is 4.31. The highest BCUT2D eigenvalue weighted by Gasteiger charge is 2.15. The summed E-state index contributed by atoms with van der Waals surface area (Å²) in [6.45, 7) is 7.78. The zero-order chi connectivity index (χ0) is 27.0. The van der Waals surface area contributed by atoms with Gasteiger partial charge < -0.3 is 19.9 Å². The summed E-state index contributed by atoms with van der Waals surface area (Å²) in [5.74, 6) is 0.639. The third-order valence-electron chi connectivity index (χ3n) is 6.24. The van der Waals surface area contributed by atoms with E-state index in [0.29, 0.717) is 18.7 Å². The molecule has 214 valence electrons. The zero-order valence-electron chi connectivity index (χ0n) is 23.1. The molecule has 0 bridgehead atoms. The van der Waals surface area contributed by atoms with E-state index >= 15 is 0 Å². The molecule has 0 saturated carbocycles. The first kappa shape index (κ1) is 32.8. The molecular formula is C31H38Cl2N4O3. The second-order valence-electron chi connectivity index (χ2n) is 10.4. The average Bonchev–Trinajstić information content (AvgIpc) is 2.91. The summed E-state index contributed by atoms with van der Waals surface area (Å²) in [6, 6.07) is 21.0. The summed E-state index contributed by atoms with van der Waals surface area (Å²) >= 11 is 0. The highest BCUT2D eigenvalue weighted by molar-refractivity contribution is 5.94. The van der Waals surface area contributed by atoms with Crippen LogP contribution in [0.5, 0.6) is 5.75 Å². The number of fused-ring (bicyclic) bond motifs is 1. The number of ether oxygens (including phenoxy) is 1. The maximum absolute atomic E-state index is 12.9. The van der Waals surface area contributed by atoms with Gasteiger partial charge in [-0.25, -0.2) is 0 Å². The Balaban J connectivity index is 0.00000280. The Morgan fingerprint density at radius 3 is 2.38 bits per heavy atom. The molecule has 0 aliphatic rings. The Morgan fingerprint density at radius 1 is 0.975 bits per heavy atom. The number of aromatic nitrogens is 2. The lowest BCUT2D eigenvalue weighted by molar-refractivity contribution is 0.0919. The molecule has 0 saturated heterocycles. The molecule has 1 unspecified atom stereocenters. The van der Waals surface area contributed by atoms with Crippen molar-refractivity contribution in [3.8, 4) is 5.75 Å². The van der Waals surface area contributed by atoms with Crippen LogP contribution in [-0.2, 0) is 6.54 Å². The van der Waals surface area contributed by atoms with Crippen LogP contribution in [0.2, 0.25) is 0 Å². The minimum absolute atomic E-state index is 0. The number of carbonyl (C=O) groups excluding carboxylic acids is 1. The first-order valence-electron chi connectivity index (χ1n) is 13.1. The largest absolute Gasteiger partial charge is 0.494 e. The van der Waals surface area contributed by atoms with Gasteiger partial charge in [0.15, 0.2) is 0 Å². The molecule has 0 radical (unpaired) electrons. The SMILES string of the molecule is CC(C)(C)NC(=O)c1ccc(OCCCNC(CCn2ccc3ccccc3c2=O)c2ccncc2)cc1.Cl.Cl. The van der Waals surface area contributed by atoms with Gasteiger partial charge in [-0.2, -0.15) is 0 Å². The summed E-state index contributed by atoms with van der Waals surface area (Å²) in [5.41, 5.74) is 1.50. The Kier molecular flexibility index (Phi) is 12.6. The molecule has 4 aromatic rings.